The zero-order chi connectivity index (χ0) is 14.3. The normalized spacial score (nSPS) is 5.33. The maximum absolute atomic E-state index is 8.33. The van der Waals surface area contributed by atoms with Crippen LogP contribution in [0.5, 0.6) is 0 Å². The fourth-order valence-corrected chi connectivity index (χ4v) is 0. The van der Waals surface area contributed by atoms with E-state index < -0.39 is 24.6 Å². The Morgan fingerprint density at radius 3 is 0.444 bits per heavy atom. The van der Waals surface area contributed by atoms with E-state index in [-0.39, 0.29) is 32.7 Å². The van der Waals surface area contributed by atoms with E-state index in [0.717, 1.165) is 0 Å². The third-order valence-electron chi connectivity index (χ3n) is 0. The van der Waals surface area contributed by atoms with Crippen LogP contribution in [0, 0.1) is 0 Å². The Labute approximate surface area is 118 Å². The van der Waals surface area contributed by atoms with Gasteiger partial charge in [-0.15, -0.1) is 0 Å². The Kier molecular flexibility index (Phi) is 58.8. The fourth-order valence-electron chi connectivity index (χ4n) is 0. The van der Waals surface area contributed by atoms with Gasteiger partial charge < -0.3 is 60.0 Å². The van der Waals surface area contributed by atoms with Gasteiger partial charge in [0.2, 0.25) is 0 Å². The Balaban J connectivity index is -0.0000000257. The van der Waals surface area contributed by atoms with Crippen molar-refractivity contribution in [3.05, 3.63) is 0 Å². The molecular formula is C4O12SiTi. The summed E-state index contributed by atoms with van der Waals surface area (Å²) in [6.07, 6.45) is -9.33. The van der Waals surface area contributed by atoms with Crippen molar-refractivity contribution in [3.63, 3.8) is 0 Å². The van der Waals surface area contributed by atoms with Gasteiger partial charge in [-0.3, -0.25) is 0 Å². The van der Waals surface area contributed by atoms with Gasteiger partial charge in [-0.2, -0.15) is 0 Å². The van der Waals surface area contributed by atoms with Gasteiger partial charge in [-0.05, 0) is 24.6 Å². The minimum Gasteiger partial charge on any atom is -0.652 e. The molecule has 0 radical (unpaired) electrons. The van der Waals surface area contributed by atoms with Crippen LogP contribution in [-0.4, -0.2) is 35.6 Å². The minimum absolute atomic E-state index is 0. The molecule has 0 heterocycles. The number of hydrogen-bond acceptors (Lipinski definition) is 12. The number of carbonyl (C=O) groups is 4. The van der Waals surface area contributed by atoms with Gasteiger partial charge in [0, 0.05) is 0 Å². The van der Waals surface area contributed by atoms with E-state index in [1.165, 1.54) is 0 Å². The molecular weight excluding hydrogens is 316 g/mol. The molecule has 0 saturated heterocycles. The number of hydrogen-bond donors (Lipinski definition) is 0. The van der Waals surface area contributed by atoms with Crippen molar-refractivity contribution in [2.45, 2.75) is 0 Å². The zero-order valence-corrected chi connectivity index (χ0v) is 10.5. The number of carboxylic acid groups (broad SMARTS) is 8. The Morgan fingerprint density at radius 2 is 0.444 bits per heavy atom. The molecule has 0 aliphatic heterocycles. The van der Waals surface area contributed by atoms with E-state index in [2.05, 4.69) is 0 Å². The molecule has 0 rings (SSSR count). The predicted molar refractivity (Wildman–Crippen MR) is 27.3 cm³/mol. The summed E-state index contributed by atoms with van der Waals surface area (Å²) in [5.74, 6) is 0. The first-order chi connectivity index (χ1) is 6.93. The van der Waals surface area contributed by atoms with E-state index in [9.17, 15) is 0 Å². The summed E-state index contributed by atoms with van der Waals surface area (Å²) in [6, 6.07) is 0. The summed E-state index contributed by atoms with van der Waals surface area (Å²) in [5.41, 5.74) is 0. The summed E-state index contributed by atoms with van der Waals surface area (Å²) in [7, 11) is 0. The van der Waals surface area contributed by atoms with Crippen molar-refractivity contribution in [1.29, 1.82) is 0 Å². The molecule has 18 heavy (non-hydrogen) atoms. The SMILES string of the molecule is O=C([O-])[O-].O=C([O-])[O-].O=C([O-])[O-].O=C([O-])[O-].[Si+4].[Ti+4]. The first-order valence-corrected chi connectivity index (χ1v) is 2.45. The second-order valence-corrected chi connectivity index (χ2v) is 1.00. The van der Waals surface area contributed by atoms with Gasteiger partial charge in [0.15, 0.2) is 0 Å². The van der Waals surface area contributed by atoms with Gasteiger partial charge in [0.1, 0.15) is 0 Å². The number of rotatable bonds is 0. The molecule has 96 valence electrons. The average Bonchev–Trinajstić information content (AvgIpc) is 1.76. The third-order valence-corrected chi connectivity index (χ3v) is 0. The van der Waals surface area contributed by atoms with Crippen LogP contribution < -0.4 is 40.9 Å². The largest absolute Gasteiger partial charge is 4.00 e. The van der Waals surface area contributed by atoms with Crippen molar-refractivity contribution in [2.75, 3.05) is 0 Å². The first-order valence-electron chi connectivity index (χ1n) is 2.45. The third kappa shape index (κ3) is 600. The molecule has 0 aromatic heterocycles. The summed E-state index contributed by atoms with van der Waals surface area (Å²) in [6.45, 7) is 0. The van der Waals surface area contributed by atoms with Crippen molar-refractivity contribution in [1.82, 2.24) is 0 Å². The molecule has 0 unspecified atom stereocenters. The van der Waals surface area contributed by atoms with Crippen molar-refractivity contribution in [3.8, 4) is 0 Å². The average molecular weight is 316 g/mol. The van der Waals surface area contributed by atoms with Crippen LogP contribution in [0.4, 0.5) is 19.2 Å². The smallest absolute Gasteiger partial charge is 0.652 e. The molecule has 0 aromatic rings. The molecule has 0 bridgehead atoms. The van der Waals surface area contributed by atoms with E-state index >= 15 is 0 Å². The molecule has 0 N–H and O–H groups in total. The van der Waals surface area contributed by atoms with Crippen LogP contribution in [0.3, 0.4) is 0 Å². The van der Waals surface area contributed by atoms with Crippen LogP contribution in [-0.2, 0) is 21.7 Å². The van der Waals surface area contributed by atoms with E-state index in [1.807, 2.05) is 0 Å². The Hall–Kier alpha value is -1.99. The van der Waals surface area contributed by atoms with E-state index in [4.69, 9.17) is 60.0 Å². The quantitative estimate of drug-likeness (QED) is 0.377. The van der Waals surface area contributed by atoms with Crippen molar-refractivity contribution >= 4 is 35.6 Å². The number of carbonyl (C=O) groups excluding carboxylic acids is 4. The Morgan fingerprint density at radius 1 is 0.444 bits per heavy atom. The molecule has 0 aliphatic carbocycles. The minimum atomic E-state index is -2.33. The fraction of sp³-hybridized carbons (Fsp3) is 0. The predicted octanol–water partition coefficient (Wildman–Crippen LogP) is -10.2. The standard InChI is InChI=1S/4CH2O3.Si.Ti/c4*2-1(3)4;;/h4*(H2,2,3,4);;/q;;;;2*+4/p-8. The Bertz CT molecular complexity index is 164. The van der Waals surface area contributed by atoms with Gasteiger partial charge in [0.05, 0.1) is 0 Å². The van der Waals surface area contributed by atoms with Crippen LogP contribution >= 0.6 is 0 Å². The van der Waals surface area contributed by atoms with Gasteiger partial charge >= 0.3 is 32.7 Å². The van der Waals surface area contributed by atoms with Crippen molar-refractivity contribution < 1.29 is 81.7 Å². The molecule has 0 aromatic carbocycles. The van der Waals surface area contributed by atoms with Crippen LogP contribution in [0.15, 0.2) is 0 Å². The summed E-state index contributed by atoms with van der Waals surface area (Å²) < 4.78 is 0. The molecule has 0 saturated carbocycles. The monoisotopic (exact) mass is 316 g/mol. The summed E-state index contributed by atoms with van der Waals surface area (Å²) >= 11 is 0. The second-order valence-electron chi connectivity index (χ2n) is 1.00. The van der Waals surface area contributed by atoms with Gasteiger partial charge in [0.25, 0.3) is 0 Å². The van der Waals surface area contributed by atoms with Gasteiger partial charge in [-0.25, -0.2) is 0 Å². The maximum atomic E-state index is 8.33. The molecule has 0 fully saturated rings. The maximum Gasteiger partial charge on any atom is 4.00 e. The van der Waals surface area contributed by atoms with Crippen molar-refractivity contribution in [2.24, 2.45) is 0 Å². The van der Waals surface area contributed by atoms with E-state index in [1.54, 1.807) is 0 Å². The molecule has 0 atom stereocenters. The van der Waals surface area contributed by atoms with Crippen LogP contribution in [0.1, 0.15) is 0 Å². The summed E-state index contributed by atoms with van der Waals surface area (Å²) in [4.78, 5) is 33.3. The summed E-state index contributed by atoms with van der Waals surface area (Å²) in [5, 5.41) is 66.7. The first kappa shape index (κ1) is 36.0. The zero-order valence-electron chi connectivity index (χ0n) is 7.90. The molecule has 0 aliphatic rings. The van der Waals surface area contributed by atoms with Gasteiger partial charge in [-0.1, -0.05) is 0 Å². The van der Waals surface area contributed by atoms with Crippen LogP contribution in [0.2, 0.25) is 0 Å². The molecule has 0 amide bonds. The van der Waals surface area contributed by atoms with E-state index in [0.29, 0.717) is 0 Å². The topological polar surface area (TPSA) is 253 Å². The second kappa shape index (κ2) is 29.4. The molecule has 14 heteroatoms. The molecule has 12 nitrogen and oxygen atoms in total. The molecule has 0 spiro atoms. The van der Waals surface area contributed by atoms with Crippen LogP contribution in [0.25, 0.3) is 0 Å².